The Morgan fingerprint density at radius 3 is 2.54 bits per heavy atom. The normalized spacial score (nSPS) is 27.0. The second-order valence-corrected chi connectivity index (χ2v) is 9.54. The molecule has 1 heterocycles. The van der Waals surface area contributed by atoms with Crippen LogP contribution in [0.4, 0.5) is 4.39 Å². The van der Waals surface area contributed by atoms with Crippen molar-refractivity contribution < 1.29 is 19.0 Å². The molecule has 3 nitrogen and oxygen atoms in total. The zero-order chi connectivity index (χ0) is 20.9. The van der Waals surface area contributed by atoms with Gasteiger partial charge >= 0.3 is 0 Å². The standard InChI is InChI=1S/C22H25Cl2FO3/c1-21(2)19(26)18(20(27)22(3,4)28-21)15-8-5-12(10-16(15)24)9-13-6-7-14(23)11-17(13)25/h6-8,11-12,16,26H,5,9-10H2,1-4H3. The van der Waals surface area contributed by atoms with Crippen LogP contribution < -0.4 is 0 Å². The van der Waals surface area contributed by atoms with Gasteiger partial charge in [0.25, 0.3) is 0 Å². The van der Waals surface area contributed by atoms with E-state index < -0.39 is 16.6 Å². The van der Waals surface area contributed by atoms with Crippen LogP contribution >= 0.6 is 23.2 Å². The third-order valence-electron chi connectivity index (χ3n) is 5.45. The molecule has 0 saturated heterocycles. The van der Waals surface area contributed by atoms with Gasteiger partial charge in [0.2, 0.25) is 0 Å². The summed E-state index contributed by atoms with van der Waals surface area (Å²) in [6.45, 7) is 6.86. The predicted octanol–water partition coefficient (Wildman–Crippen LogP) is 5.93. The fourth-order valence-electron chi connectivity index (χ4n) is 4.07. The van der Waals surface area contributed by atoms with Gasteiger partial charge in [0, 0.05) is 5.02 Å². The predicted molar refractivity (Wildman–Crippen MR) is 109 cm³/mol. The van der Waals surface area contributed by atoms with Crippen LogP contribution in [-0.4, -0.2) is 27.5 Å². The number of hydrogen-bond acceptors (Lipinski definition) is 3. The number of carbonyl (C=O) groups is 1. The van der Waals surface area contributed by atoms with E-state index in [1.165, 1.54) is 6.07 Å². The van der Waals surface area contributed by atoms with Crippen LogP contribution in [0, 0.1) is 11.7 Å². The summed E-state index contributed by atoms with van der Waals surface area (Å²) in [6.07, 6.45) is 3.67. The fourth-order valence-corrected chi connectivity index (χ4v) is 4.68. The first kappa shape index (κ1) is 21.4. The minimum absolute atomic E-state index is 0.0871. The molecule has 2 atom stereocenters. The molecular formula is C22H25Cl2FO3. The highest BCUT2D eigenvalue weighted by Gasteiger charge is 2.48. The van der Waals surface area contributed by atoms with Crippen LogP contribution in [0.15, 0.2) is 41.2 Å². The first-order chi connectivity index (χ1) is 12.9. The fraction of sp³-hybridized carbons (Fsp3) is 0.500. The number of rotatable bonds is 3. The third kappa shape index (κ3) is 4.00. The van der Waals surface area contributed by atoms with E-state index in [-0.39, 0.29) is 28.9 Å². The minimum Gasteiger partial charge on any atom is -0.508 e. The molecule has 1 aliphatic heterocycles. The summed E-state index contributed by atoms with van der Waals surface area (Å²) in [5.41, 5.74) is -0.528. The highest BCUT2D eigenvalue weighted by atomic mass is 35.5. The molecule has 3 rings (SSSR count). The van der Waals surface area contributed by atoms with Crippen molar-refractivity contribution in [2.45, 2.75) is 63.5 Å². The molecule has 0 bridgehead atoms. The molecule has 0 radical (unpaired) electrons. The Morgan fingerprint density at radius 2 is 1.93 bits per heavy atom. The van der Waals surface area contributed by atoms with Gasteiger partial charge in [-0.1, -0.05) is 23.7 Å². The Labute approximate surface area is 175 Å². The van der Waals surface area contributed by atoms with Crippen molar-refractivity contribution in [3.05, 3.63) is 57.6 Å². The van der Waals surface area contributed by atoms with Crippen molar-refractivity contribution in [2.24, 2.45) is 5.92 Å². The molecule has 2 unspecified atom stereocenters. The molecule has 6 heteroatoms. The molecule has 152 valence electrons. The number of hydrogen-bond donors (Lipinski definition) is 1. The third-order valence-corrected chi connectivity index (χ3v) is 6.10. The van der Waals surface area contributed by atoms with Crippen molar-refractivity contribution in [3.63, 3.8) is 0 Å². The van der Waals surface area contributed by atoms with Gasteiger partial charge < -0.3 is 9.84 Å². The zero-order valence-corrected chi connectivity index (χ0v) is 18.0. The Bertz CT molecular complexity index is 871. The number of benzene rings is 1. The van der Waals surface area contributed by atoms with E-state index in [0.29, 0.717) is 35.4 Å². The van der Waals surface area contributed by atoms with Gasteiger partial charge in [0.1, 0.15) is 22.8 Å². The molecule has 0 amide bonds. The summed E-state index contributed by atoms with van der Waals surface area (Å²) < 4.78 is 19.9. The first-order valence-corrected chi connectivity index (χ1v) is 10.2. The van der Waals surface area contributed by atoms with Crippen LogP contribution in [0.25, 0.3) is 0 Å². The van der Waals surface area contributed by atoms with Gasteiger partial charge in [0.15, 0.2) is 5.78 Å². The van der Waals surface area contributed by atoms with Crippen molar-refractivity contribution >= 4 is 29.0 Å². The number of aliphatic hydroxyl groups is 1. The van der Waals surface area contributed by atoms with Crippen LogP contribution in [0.3, 0.4) is 0 Å². The van der Waals surface area contributed by atoms with E-state index in [1.54, 1.807) is 39.8 Å². The molecule has 0 aromatic heterocycles. The summed E-state index contributed by atoms with van der Waals surface area (Å²) in [7, 11) is 0. The average Bonchev–Trinajstić information content (AvgIpc) is 2.57. The second kappa shape index (κ2) is 7.47. The van der Waals surface area contributed by atoms with Gasteiger partial charge in [0.05, 0.1) is 11.0 Å². The van der Waals surface area contributed by atoms with Crippen LogP contribution in [-0.2, 0) is 16.0 Å². The lowest BCUT2D eigenvalue weighted by atomic mass is 9.77. The molecule has 28 heavy (non-hydrogen) atoms. The molecular weight excluding hydrogens is 402 g/mol. The average molecular weight is 427 g/mol. The van der Waals surface area contributed by atoms with E-state index in [2.05, 4.69) is 0 Å². The van der Waals surface area contributed by atoms with Gasteiger partial charge in [-0.15, -0.1) is 11.6 Å². The second-order valence-electron chi connectivity index (χ2n) is 8.58. The topological polar surface area (TPSA) is 46.5 Å². The van der Waals surface area contributed by atoms with Crippen LogP contribution in [0.2, 0.25) is 5.02 Å². The highest BCUT2D eigenvalue weighted by molar-refractivity contribution is 6.30. The maximum absolute atomic E-state index is 14.1. The highest BCUT2D eigenvalue weighted by Crippen LogP contribution is 2.43. The maximum Gasteiger partial charge on any atom is 0.197 e. The molecule has 1 aromatic rings. The molecule has 0 saturated carbocycles. The van der Waals surface area contributed by atoms with E-state index in [0.717, 1.165) is 0 Å². The molecule has 1 N–H and O–H groups in total. The lowest BCUT2D eigenvalue weighted by molar-refractivity contribution is -0.161. The largest absolute Gasteiger partial charge is 0.508 e. The van der Waals surface area contributed by atoms with Crippen molar-refractivity contribution in [3.8, 4) is 0 Å². The Hall–Kier alpha value is -1.36. The van der Waals surface area contributed by atoms with Crippen LogP contribution in [0.1, 0.15) is 46.1 Å². The maximum atomic E-state index is 14.1. The Kier molecular flexibility index (Phi) is 5.70. The number of alkyl halides is 1. The zero-order valence-electron chi connectivity index (χ0n) is 16.5. The lowest BCUT2D eigenvalue weighted by Crippen LogP contribution is -2.50. The number of allylic oxidation sites excluding steroid dienone is 2. The molecule has 1 aromatic carbocycles. The quantitative estimate of drug-likeness (QED) is 0.608. The Morgan fingerprint density at radius 1 is 1.25 bits per heavy atom. The van der Waals surface area contributed by atoms with E-state index >= 15 is 0 Å². The van der Waals surface area contributed by atoms with Gasteiger partial charge in [-0.3, -0.25) is 4.79 Å². The molecule has 1 aliphatic carbocycles. The van der Waals surface area contributed by atoms with E-state index in [4.69, 9.17) is 27.9 Å². The SMILES string of the molecule is CC1(C)OC(C)(C)C(O)=C(C2=CCC(Cc3ccc(Cl)cc3F)CC2Cl)C1=O. The molecule has 2 aliphatic rings. The number of Topliss-reactive ketones (excluding diaryl/α,β-unsaturated/α-hetero) is 1. The minimum atomic E-state index is -1.05. The number of halogens is 3. The summed E-state index contributed by atoms with van der Waals surface area (Å²) in [4.78, 5) is 12.9. The molecule has 0 fully saturated rings. The van der Waals surface area contributed by atoms with E-state index in [9.17, 15) is 14.3 Å². The van der Waals surface area contributed by atoms with Crippen molar-refractivity contribution in [1.82, 2.24) is 0 Å². The van der Waals surface area contributed by atoms with Crippen LogP contribution in [0.5, 0.6) is 0 Å². The summed E-state index contributed by atoms with van der Waals surface area (Å²) in [5.74, 6) is -0.545. The first-order valence-electron chi connectivity index (χ1n) is 9.39. The Balaban J connectivity index is 1.87. The van der Waals surface area contributed by atoms with Gasteiger partial charge in [-0.25, -0.2) is 4.39 Å². The van der Waals surface area contributed by atoms with E-state index in [1.807, 2.05) is 6.08 Å². The number of aliphatic hydroxyl groups excluding tert-OH is 1. The van der Waals surface area contributed by atoms with Crippen molar-refractivity contribution in [1.29, 1.82) is 0 Å². The summed E-state index contributed by atoms with van der Waals surface area (Å²) in [6, 6.07) is 4.68. The lowest BCUT2D eigenvalue weighted by Gasteiger charge is -2.42. The number of ether oxygens (including phenoxy) is 1. The summed E-state index contributed by atoms with van der Waals surface area (Å²) >= 11 is 12.5. The van der Waals surface area contributed by atoms with Gasteiger partial charge in [-0.05, 0) is 76.1 Å². The summed E-state index contributed by atoms with van der Waals surface area (Å²) in [5, 5.41) is 10.6. The number of ketones is 1. The smallest absolute Gasteiger partial charge is 0.197 e. The monoisotopic (exact) mass is 426 g/mol. The number of carbonyl (C=O) groups excluding carboxylic acids is 1. The van der Waals surface area contributed by atoms with Gasteiger partial charge in [-0.2, -0.15) is 0 Å². The van der Waals surface area contributed by atoms with Crippen molar-refractivity contribution in [2.75, 3.05) is 0 Å². The molecule has 0 spiro atoms.